The molecule has 0 saturated heterocycles. The second-order valence-corrected chi connectivity index (χ2v) is 12.6. The second kappa shape index (κ2) is 18.4. The predicted molar refractivity (Wildman–Crippen MR) is 120 cm³/mol. The summed E-state index contributed by atoms with van der Waals surface area (Å²) in [6, 6.07) is 0. The number of aliphatic hydroxyl groups excluding tert-OH is 1. The van der Waals surface area contributed by atoms with E-state index < -0.39 is 7.26 Å². The quantitative estimate of drug-likeness (QED) is 0.179. The number of carbonyl (C=O) groups excluding carboxylic acids is 1. The Hall–Kier alpha value is 0.0600. The third-order valence-electron chi connectivity index (χ3n) is 5.58. The van der Waals surface area contributed by atoms with Gasteiger partial charge in [0.25, 0.3) is 0 Å². The van der Waals surface area contributed by atoms with Crippen LogP contribution in [0.15, 0.2) is 0 Å². The Morgan fingerprint density at radius 1 is 0.654 bits per heavy atom. The van der Waals surface area contributed by atoms with Crippen LogP contribution in [0.2, 0.25) is 0 Å². The minimum absolute atomic E-state index is 0.153. The molecule has 0 atom stereocenters. The average Bonchev–Trinajstić information content (AvgIpc) is 2.64. The minimum Gasteiger partial charge on any atom is -0.396 e. The number of ketones is 1. The Bertz CT molecular complexity index is 286. The molecule has 0 aliphatic carbocycles. The lowest BCUT2D eigenvalue weighted by molar-refractivity contribution is -0.116. The van der Waals surface area contributed by atoms with Gasteiger partial charge < -0.3 is 5.11 Å². The van der Waals surface area contributed by atoms with Gasteiger partial charge >= 0.3 is 0 Å². The number of hydrogen-bond donors (Lipinski definition) is 1. The van der Waals surface area contributed by atoms with Crippen molar-refractivity contribution in [1.29, 1.82) is 0 Å². The summed E-state index contributed by atoms with van der Waals surface area (Å²) >= 11 is 0. The average molecular weight is 388 g/mol. The standard InChI is InChI=1S/C23H48O2P/c1-4-7-10-13-19-26(20-14-11-8-5-2,21-15-12-9-6-3)22-23(25)17-16-18-24/h24H,4-22H2,1-3H3/q+1. The maximum Gasteiger partial charge on any atom is 0.169 e. The highest BCUT2D eigenvalue weighted by Gasteiger charge is 2.37. The maximum absolute atomic E-state index is 12.6. The van der Waals surface area contributed by atoms with Crippen LogP contribution in [0.5, 0.6) is 0 Å². The SMILES string of the molecule is CCCCCC[P+](CCCCCC)(CCCCCC)CC(=O)CCCO. The van der Waals surface area contributed by atoms with Crippen molar-refractivity contribution < 1.29 is 9.90 Å². The molecule has 0 aliphatic rings. The van der Waals surface area contributed by atoms with E-state index >= 15 is 0 Å². The lowest BCUT2D eigenvalue weighted by Crippen LogP contribution is -2.19. The van der Waals surface area contributed by atoms with Gasteiger partial charge in [-0.25, -0.2) is 0 Å². The van der Waals surface area contributed by atoms with Crippen LogP contribution in [-0.4, -0.2) is 42.1 Å². The van der Waals surface area contributed by atoms with Gasteiger partial charge in [-0.05, 0) is 44.9 Å². The van der Waals surface area contributed by atoms with Gasteiger partial charge in [0.15, 0.2) is 5.78 Å². The molecule has 156 valence electrons. The molecule has 0 saturated carbocycles. The summed E-state index contributed by atoms with van der Waals surface area (Å²) in [6.07, 6.45) is 22.0. The van der Waals surface area contributed by atoms with Gasteiger partial charge in [-0.1, -0.05) is 59.3 Å². The molecule has 0 aromatic heterocycles. The molecule has 0 bridgehead atoms. The lowest BCUT2D eigenvalue weighted by Gasteiger charge is -2.28. The van der Waals surface area contributed by atoms with Crippen molar-refractivity contribution in [2.75, 3.05) is 31.3 Å². The van der Waals surface area contributed by atoms with Crippen LogP contribution in [-0.2, 0) is 4.79 Å². The zero-order valence-electron chi connectivity index (χ0n) is 18.2. The molecule has 2 nitrogen and oxygen atoms in total. The normalized spacial score (nSPS) is 11.8. The molecule has 0 aromatic carbocycles. The molecule has 0 fully saturated rings. The first kappa shape index (κ1) is 26.1. The van der Waals surface area contributed by atoms with Crippen LogP contribution in [0.25, 0.3) is 0 Å². The van der Waals surface area contributed by atoms with Crippen LogP contribution in [0, 0.1) is 0 Å². The summed E-state index contributed by atoms with van der Waals surface area (Å²) < 4.78 is 0. The van der Waals surface area contributed by atoms with Crippen molar-refractivity contribution in [3.8, 4) is 0 Å². The van der Waals surface area contributed by atoms with Crippen LogP contribution in [0.3, 0.4) is 0 Å². The predicted octanol–water partition coefficient (Wildman–Crippen LogP) is 7.09. The van der Waals surface area contributed by atoms with E-state index in [4.69, 9.17) is 5.11 Å². The number of unbranched alkanes of at least 4 members (excludes halogenated alkanes) is 9. The van der Waals surface area contributed by atoms with Gasteiger partial charge in [0.2, 0.25) is 0 Å². The van der Waals surface area contributed by atoms with Crippen LogP contribution in [0.4, 0.5) is 0 Å². The smallest absolute Gasteiger partial charge is 0.169 e. The van der Waals surface area contributed by atoms with Crippen molar-refractivity contribution >= 4 is 13.0 Å². The van der Waals surface area contributed by atoms with E-state index in [1.165, 1.54) is 95.5 Å². The number of carbonyl (C=O) groups is 1. The van der Waals surface area contributed by atoms with Crippen LogP contribution in [0.1, 0.15) is 111 Å². The zero-order valence-corrected chi connectivity index (χ0v) is 19.1. The van der Waals surface area contributed by atoms with Crippen molar-refractivity contribution in [3.05, 3.63) is 0 Å². The molecular weight excluding hydrogens is 339 g/mol. The molecule has 0 heterocycles. The fraction of sp³-hybridized carbons (Fsp3) is 0.957. The summed E-state index contributed by atoms with van der Waals surface area (Å²) in [5.41, 5.74) is 0. The van der Waals surface area contributed by atoms with Crippen molar-refractivity contribution in [2.45, 2.75) is 111 Å². The summed E-state index contributed by atoms with van der Waals surface area (Å²) in [5, 5.41) is 9.07. The van der Waals surface area contributed by atoms with E-state index in [0.29, 0.717) is 18.6 Å². The zero-order chi connectivity index (χ0) is 19.5. The van der Waals surface area contributed by atoms with Gasteiger partial charge in [0.05, 0.1) is 18.5 Å². The molecule has 0 amide bonds. The molecule has 0 unspecified atom stereocenters. The van der Waals surface area contributed by atoms with E-state index in [-0.39, 0.29) is 6.61 Å². The van der Waals surface area contributed by atoms with Gasteiger partial charge in [-0.2, -0.15) is 0 Å². The van der Waals surface area contributed by atoms with Crippen LogP contribution >= 0.6 is 7.26 Å². The Labute approximate surface area is 165 Å². The molecule has 0 aliphatic heterocycles. The molecule has 0 radical (unpaired) electrons. The van der Waals surface area contributed by atoms with Gasteiger partial charge in [-0.15, -0.1) is 0 Å². The fourth-order valence-corrected chi connectivity index (χ4v) is 8.66. The first-order valence-electron chi connectivity index (χ1n) is 11.6. The number of hydrogen-bond acceptors (Lipinski definition) is 2. The molecule has 26 heavy (non-hydrogen) atoms. The van der Waals surface area contributed by atoms with Gasteiger partial charge in [0.1, 0.15) is 6.16 Å². The number of rotatable bonds is 20. The minimum atomic E-state index is -1.14. The molecule has 1 N–H and O–H groups in total. The van der Waals surface area contributed by atoms with E-state index in [1.807, 2.05) is 0 Å². The number of aliphatic hydroxyl groups is 1. The Morgan fingerprint density at radius 3 is 1.42 bits per heavy atom. The maximum atomic E-state index is 12.6. The third kappa shape index (κ3) is 14.2. The van der Waals surface area contributed by atoms with E-state index in [1.54, 1.807) is 0 Å². The van der Waals surface area contributed by atoms with Crippen molar-refractivity contribution in [1.82, 2.24) is 0 Å². The molecule has 3 heteroatoms. The summed E-state index contributed by atoms with van der Waals surface area (Å²) in [7, 11) is -1.14. The van der Waals surface area contributed by atoms with Crippen molar-refractivity contribution in [2.24, 2.45) is 0 Å². The number of Topliss-reactive ketones (excluding diaryl/α,β-unsaturated/α-hetero) is 1. The first-order chi connectivity index (χ1) is 12.6. The Kier molecular flexibility index (Phi) is 18.5. The topological polar surface area (TPSA) is 37.3 Å². The fourth-order valence-electron chi connectivity index (χ4n) is 3.92. The second-order valence-electron chi connectivity index (χ2n) is 8.22. The Morgan fingerprint density at radius 2 is 1.08 bits per heavy atom. The third-order valence-corrected chi connectivity index (χ3v) is 10.4. The summed E-state index contributed by atoms with van der Waals surface area (Å²) in [5.74, 6) is 0.439. The first-order valence-corrected chi connectivity index (χ1v) is 14.1. The summed E-state index contributed by atoms with van der Waals surface area (Å²) in [6.45, 7) is 6.98. The highest BCUT2D eigenvalue weighted by Crippen LogP contribution is 2.61. The largest absolute Gasteiger partial charge is 0.396 e. The Balaban J connectivity index is 4.87. The highest BCUT2D eigenvalue weighted by atomic mass is 31.2. The monoisotopic (exact) mass is 387 g/mol. The van der Waals surface area contributed by atoms with E-state index in [2.05, 4.69) is 20.8 Å². The molecule has 0 rings (SSSR count). The lowest BCUT2D eigenvalue weighted by atomic mass is 10.2. The molecule has 0 aromatic rings. The molecular formula is C23H48O2P+. The van der Waals surface area contributed by atoms with Crippen molar-refractivity contribution in [3.63, 3.8) is 0 Å². The molecule has 0 spiro atoms. The van der Waals surface area contributed by atoms with Crippen LogP contribution < -0.4 is 0 Å². The highest BCUT2D eigenvalue weighted by molar-refractivity contribution is 7.76. The van der Waals surface area contributed by atoms with E-state index in [0.717, 1.165) is 6.16 Å². The van der Waals surface area contributed by atoms with E-state index in [9.17, 15) is 4.79 Å². The summed E-state index contributed by atoms with van der Waals surface area (Å²) in [4.78, 5) is 12.6. The van der Waals surface area contributed by atoms with Gasteiger partial charge in [0, 0.05) is 20.3 Å². The van der Waals surface area contributed by atoms with Gasteiger partial charge in [-0.3, -0.25) is 4.79 Å².